The van der Waals surface area contributed by atoms with E-state index in [0.717, 1.165) is 50.3 Å². The van der Waals surface area contributed by atoms with Gasteiger partial charge in [0.2, 0.25) is 0 Å². The average molecular weight is 418 g/mol. The molecule has 0 atom stereocenters. The fraction of sp³-hybridized carbons (Fsp3) is 0.0714. The molecule has 0 spiro atoms. The largest absolute Gasteiger partial charge is 0.496 e. The molecular formula is C28H22N2O2. The van der Waals surface area contributed by atoms with Crippen LogP contribution in [0.5, 0.6) is 11.5 Å². The number of rotatable bonds is 6. The predicted octanol–water partition coefficient (Wildman–Crippen LogP) is 6.55. The highest BCUT2D eigenvalue weighted by molar-refractivity contribution is 5.87. The highest BCUT2D eigenvalue weighted by Gasteiger charge is 2.13. The molecule has 32 heavy (non-hydrogen) atoms. The first-order chi connectivity index (χ1) is 15.8. The number of hydrogen-bond acceptors (Lipinski definition) is 4. The third kappa shape index (κ3) is 4.03. The van der Waals surface area contributed by atoms with Crippen molar-refractivity contribution in [3.05, 3.63) is 109 Å². The summed E-state index contributed by atoms with van der Waals surface area (Å²) in [6.45, 7) is 0.418. The molecule has 0 aliphatic carbocycles. The van der Waals surface area contributed by atoms with E-state index in [9.17, 15) is 0 Å². The van der Waals surface area contributed by atoms with Crippen LogP contribution in [0.2, 0.25) is 0 Å². The molecule has 4 heteroatoms. The van der Waals surface area contributed by atoms with E-state index in [1.54, 1.807) is 19.5 Å². The van der Waals surface area contributed by atoms with Gasteiger partial charge in [-0.3, -0.25) is 4.98 Å². The van der Waals surface area contributed by atoms with E-state index in [4.69, 9.17) is 9.47 Å². The first kappa shape index (κ1) is 19.8. The number of aromatic nitrogens is 2. The molecule has 0 fully saturated rings. The summed E-state index contributed by atoms with van der Waals surface area (Å²) in [5.41, 5.74) is 6.17. The van der Waals surface area contributed by atoms with Crippen molar-refractivity contribution in [1.82, 2.24) is 9.97 Å². The quantitative estimate of drug-likeness (QED) is 0.314. The van der Waals surface area contributed by atoms with Gasteiger partial charge in [-0.2, -0.15) is 0 Å². The van der Waals surface area contributed by atoms with Gasteiger partial charge < -0.3 is 9.47 Å². The van der Waals surface area contributed by atoms with Crippen LogP contribution < -0.4 is 9.47 Å². The highest BCUT2D eigenvalue weighted by atomic mass is 16.5. The van der Waals surface area contributed by atoms with Crippen molar-refractivity contribution < 1.29 is 9.47 Å². The lowest BCUT2D eigenvalue weighted by atomic mass is 9.94. The van der Waals surface area contributed by atoms with Crippen LogP contribution in [0.3, 0.4) is 0 Å². The molecule has 2 heterocycles. The van der Waals surface area contributed by atoms with Crippen molar-refractivity contribution in [3.63, 3.8) is 0 Å². The zero-order valence-electron chi connectivity index (χ0n) is 17.7. The van der Waals surface area contributed by atoms with Gasteiger partial charge in [0.25, 0.3) is 0 Å². The second kappa shape index (κ2) is 8.90. The average Bonchev–Trinajstić information content (AvgIpc) is 2.87. The lowest BCUT2D eigenvalue weighted by molar-refractivity contribution is 0.302. The van der Waals surface area contributed by atoms with Crippen LogP contribution >= 0.6 is 0 Å². The third-order valence-corrected chi connectivity index (χ3v) is 5.42. The lowest BCUT2D eigenvalue weighted by Gasteiger charge is -2.15. The fourth-order valence-electron chi connectivity index (χ4n) is 3.83. The van der Waals surface area contributed by atoms with E-state index in [-0.39, 0.29) is 0 Å². The summed E-state index contributed by atoms with van der Waals surface area (Å²) in [6.07, 6.45) is 3.60. The lowest BCUT2D eigenvalue weighted by Crippen LogP contribution is -1.98. The number of methoxy groups -OCH3 is 1. The van der Waals surface area contributed by atoms with Gasteiger partial charge in [-0.15, -0.1) is 0 Å². The summed E-state index contributed by atoms with van der Waals surface area (Å²) in [7, 11) is 1.70. The van der Waals surface area contributed by atoms with Crippen molar-refractivity contribution in [1.29, 1.82) is 0 Å². The van der Waals surface area contributed by atoms with Crippen LogP contribution in [0.15, 0.2) is 103 Å². The van der Waals surface area contributed by atoms with E-state index < -0.39 is 0 Å². The van der Waals surface area contributed by atoms with Crippen LogP contribution in [0, 0.1) is 0 Å². The maximum absolute atomic E-state index is 6.00. The van der Waals surface area contributed by atoms with E-state index in [1.165, 1.54) is 0 Å². The van der Waals surface area contributed by atoms with Crippen molar-refractivity contribution in [2.75, 3.05) is 7.11 Å². The Kier molecular flexibility index (Phi) is 5.50. The predicted molar refractivity (Wildman–Crippen MR) is 128 cm³/mol. The number of ether oxygens (including phenoxy) is 2. The molecule has 5 aromatic rings. The number of benzene rings is 3. The van der Waals surface area contributed by atoms with Gasteiger partial charge in [-0.1, -0.05) is 48.5 Å². The molecule has 0 amide bonds. The topological polar surface area (TPSA) is 44.2 Å². The number of nitrogens with zero attached hydrogens (tertiary/aromatic N) is 2. The maximum Gasteiger partial charge on any atom is 0.130 e. The molecule has 156 valence electrons. The standard InChI is InChI=1S/C28H22N2O2/c1-31-27-8-4-6-25(20-15-17-29-18-16-20)28(27)22-10-13-24(14-11-22)32-19-23-12-9-21-5-2-3-7-26(21)30-23/h2-18H,19H2,1H3. The first-order valence-corrected chi connectivity index (χ1v) is 10.5. The van der Waals surface area contributed by atoms with Crippen LogP contribution in [0.1, 0.15) is 5.69 Å². The maximum atomic E-state index is 6.00. The normalized spacial score (nSPS) is 10.8. The molecule has 0 bridgehead atoms. The Labute approximate surface area is 187 Å². The molecule has 2 aromatic heterocycles. The Balaban J connectivity index is 1.40. The number of hydrogen-bond donors (Lipinski definition) is 0. The van der Waals surface area contributed by atoms with Gasteiger partial charge in [-0.05, 0) is 59.2 Å². The van der Waals surface area contributed by atoms with Crippen molar-refractivity contribution >= 4 is 10.9 Å². The summed E-state index contributed by atoms with van der Waals surface area (Å²) >= 11 is 0. The summed E-state index contributed by atoms with van der Waals surface area (Å²) in [5, 5.41) is 1.13. The van der Waals surface area contributed by atoms with Crippen molar-refractivity contribution in [3.8, 4) is 33.8 Å². The van der Waals surface area contributed by atoms with Crippen LogP contribution in [0.4, 0.5) is 0 Å². The smallest absolute Gasteiger partial charge is 0.130 e. The number of para-hydroxylation sites is 1. The van der Waals surface area contributed by atoms with Crippen LogP contribution in [-0.2, 0) is 6.61 Å². The minimum absolute atomic E-state index is 0.418. The Morgan fingerprint density at radius 3 is 2.34 bits per heavy atom. The Morgan fingerprint density at radius 1 is 0.719 bits per heavy atom. The van der Waals surface area contributed by atoms with E-state index in [2.05, 4.69) is 40.3 Å². The Bertz CT molecular complexity index is 1350. The van der Waals surface area contributed by atoms with Crippen molar-refractivity contribution in [2.24, 2.45) is 0 Å². The number of fused-ring (bicyclic) bond motifs is 1. The summed E-state index contributed by atoms with van der Waals surface area (Å²) in [5.74, 6) is 1.62. The monoisotopic (exact) mass is 418 g/mol. The fourth-order valence-corrected chi connectivity index (χ4v) is 3.83. The molecular weight excluding hydrogens is 396 g/mol. The van der Waals surface area contributed by atoms with Crippen LogP contribution in [-0.4, -0.2) is 17.1 Å². The van der Waals surface area contributed by atoms with E-state index in [0.29, 0.717) is 6.61 Å². The van der Waals surface area contributed by atoms with Gasteiger partial charge in [0.15, 0.2) is 0 Å². The SMILES string of the molecule is COc1cccc(-c2ccncc2)c1-c1ccc(OCc2ccc3ccccc3n2)cc1. The molecule has 0 saturated carbocycles. The zero-order chi connectivity index (χ0) is 21.8. The molecule has 0 unspecified atom stereocenters. The first-order valence-electron chi connectivity index (χ1n) is 10.5. The van der Waals surface area contributed by atoms with E-state index >= 15 is 0 Å². The molecule has 5 rings (SSSR count). The second-order valence-electron chi connectivity index (χ2n) is 7.43. The molecule has 0 aliphatic rings. The third-order valence-electron chi connectivity index (χ3n) is 5.42. The zero-order valence-corrected chi connectivity index (χ0v) is 17.7. The molecule has 0 N–H and O–H groups in total. The molecule has 0 saturated heterocycles. The summed E-state index contributed by atoms with van der Waals surface area (Å²) in [6, 6.07) is 30.4. The Hall–Kier alpha value is -4.18. The van der Waals surface area contributed by atoms with Gasteiger partial charge in [0.05, 0.1) is 18.3 Å². The van der Waals surface area contributed by atoms with Gasteiger partial charge in [0, 0.05) is 23.3 Å². The molecule has 3 aromatic carbocycles. The highest BCUT2D eigenvalue weighted by Crippen LogP contribution is 2.39. The van der Waals surface area contributed by atoms with Gasteiger partial charge in [-0.25, -0.2) is 4.98 Å². The van der Waals surface area contributed by atoms with Crippen LogP contribution in [0.25, 0.3) is 33.2 Å². The Morgan fingerprint density at radius 2 is 1.53 bits per heavy atom. The molecule has 4 nitrogen and oxygen atoms in total. The minimum Gasteiger partial charge on any atom is -0.496 e. The summed E-state index contributed by atoms with van der Waals surface area (Å²) in [4.78, 5) is 8.81. The van der Waals surface area contributed by atoms with Gasteiger partial charge in [0.1, 0.15) is 18.1 Å². The number of pyridine rings is 2. The second-order valence-corrected chi connectivity index (χ2v) is 7.43. The molecule has 0 aliphatic heterocycles. The van der Waals surface area contributed by atoms with Gasteiger partial charge >= 0.3 is 0 Å². The minimum atomic E-state index is 0.418. The molecule has 0 radical (unpaired) electrons. The van der Waals surface area contributed by atoms with Crippen molar-refractivity contribution in [2.45, 2.75) is 6.61 Å². The van der Waals surface area contributed by atoms with E-state index in [1.807, 2.05) is 60.7 Å². The summed E-state index contributed by atoms with van der Waals surface area (Å²) < 4.78 is 11.7.